The van der Waals surface area contributed by atoms with Crippen molar-refractivity contribution in [2.45, 2.75) is 31.3 Å². The van der Waals surface area contributed by atoms with Gasteiger partial charge in [-0.15, -0.1) is 0 Å². The molecule has 1 aromatic heterocycles. The standard InChI is InChI=1S/C11H18N4O4/c1-13-8(11(18)19)2-3-9-14-5-6(15-9)4-7(12)10(16)17/h5,7-8,13H,2-4,12H2,1H3,(H,14,15)(H,16,17)(H,18,19). The van der Waals surface area contributed by atoms with E-state index < -0.39 is 24.0 Å². The smallest absolute Gasteiger partial charge is 0.320 e. The third-order valence-corrected chi connectivity index (χ3v) is 2.75. The second-order valence-electron chi connectivity index (χ2n) is 4.22. The Morgan fingerprint density at radius 2 is 2.16 bits per heavy atom. The number of aromatic nitrogens is 2. The number of imidazole rings is 1. The summed E-state index contributed by atoms with van der Waals surface area (Å²) in [6.45, 7) is 0. The summed E-state index contributed by atoms with van der Waals surface area (Å²) in [5, 5.41) is 20.2. The average molecular weight is 270 g/mol. The van der Waals surface area contributed by atoms with Crippen molar-refractivity contribution < 1.29 is 19.8 Å². The maximum absolute atomic E-state index is 10.8. The van der Waals surface area contributed by atoms with Crippen LogP contribution in [0.25, 0.3) is 0 Å². The number of aliphatic carboxylic acids is 2. The molecule has 0 aliphatic carbocycles. The zero-order chi connectivity index (χ0) is 14.4. The molecule has 0 spiro atoms. The van der Waals surface area contributed by atoms with Gasteiger partial charge in [0.15, 0.2) is 0 Å². The summed E-state index contributed by atoms with van der Waals surface area (Å²) in [6.07, 6.45) is 2.54. The van der Waals surface area contributed by atoms with E-state index in [2.05, 4.69) is 15.3 Å². The van der Waals surface area contributed by atoms with Crippen LogP contribution in [0.3, 0.4) is 0 Å². The maximum Gasteiger partial charge on any atom is 0.320 e. The van der Waals surface area contributed by atoms with Crippen LogP contribution in [0.2, 0.25) is 0 Å². The zero-order valence-electron chi connectivity index (χ0n) is 10.6. The first kappa shape index (κ1) is 15.1. The molecule has 1 heterocycles. The minimum Gasteiger partial charge on any atom is -0.480 e. The fourth-order valence-electron chi connectivity index (χ4n) is 1.63. The van der Waals surface area contributed by atoms with Crippen LogP contribution >= 0.6 is 0 Å². The van der Waals surface area contributed by atoms with Crippen LogP contribution in [-0.2, 0) is 22.4 Å². The molecule has 0 saturated carbocycles. The van der Waals surface area contributed by atoms with Crippen molar-refractivity contribution in [2.24, 2.45) is 5.73 Å². The van der Waals surface area contributed by atoms with Gasteiger partial charge in [-0.3, -0.25) is 9.59 Å². The Bertz CT molecular complexity index is 446. The molecule has 8 nitrogen and oxygen atoms in total. The highest BCUT2D eigenvalue weighted by Crippen LogP contribution is 2.05. The van der Waals surface area contributed by atoms with Gasteiger partial charge in [0, 0.05) is 24.7 Å². The molecule has 0 amide bonds. The Kier molecular flexibility index (Phi) is 5.46. The fourth-order valence-corrected chi connectivity index (χ4v) is 1.63. The van der Waals surface area contributed by atoms with Crippen molar-refractivity contribution in [1.82, 2.24) is 15.3 Å². The summed E-state index contributed by atoms with van der Waals surface area (Å²) in [6, 6.07) is -1.60. The van der Waals surface area contributed by atoms with Crippen LogP contribution in [0.1, 0.15) is 17.9 Å². The van der Waals surface area contributed by atoms with Crippen LogP contribution in [0.15, 0.2) is 6.20 Å². The molecule has 2 atom stereocenters. The lowest BCUT2D eigenvalue weighted by Gasteiger charge is -2.09. The number of rotatable bonds is 8. The highest BCUT2D eigenvalue weighted by Gasteiger charge is 2.16. The van der Waals surface area contributed by atoms with E-state index in [0.29, 0.717) is 24.4 Å². The summed E-state index contributed by atoms with van der Waals surface area (Å²) in [4.78, 5) is 28.4. The van der Waals surface area contributed by atoms with Crippen molar-refractivity contribution in [3.63, 3.8) is 0 Å². The molecule has 8 heteroatoms. The lowest BCUT2D eigenvalue weighted by atomic mass is 10.1. The lowest BCUT2D eigenvalue weighted by Crippen LogP contribution is -2.34. The number of H-pyrrole nitrogens is 1. The van der Waals surface area contributed by atoms with E-state index in [1.54, 1.807) is 7.05 Å². The number of carbonyl (C=O) groups is 2. The lowest BCUT2D eigenvalue weighted by molar-refractivity contribution is -0.140. The zero-order valence-corrected chi connectivity index (χ0v) is 10.6. The number of carboxylic acids is 2. The molecule has 1 aromatic rings. The van der Waals surface area contributed by atoms with Crippen LogP contribution < -0.4 is 11.1 Å². The van der Waals surface area contributed by atoms with Gasteiger partial charge in [-0.05, 0) is 13.5 Å². The van der Waals surface area contributed by atoms with Gasteiger partial charge in [0.1, 0.15) is 17.9 Å². The fraction of sp³-hybridized carbons (Fsp3) is 0.545. The summed E-state index contributed by atoms with van der Waals surface area (Å²) in [7, 11) is 1.58. The normalized spacial score (nSPS) is 14.0. The van der Waals surface area contributed by atoms with Crippen LogP contribution in [0, 0.1) is 0 Å². The SMILES string of the molecule is CNC(CCc1ncc(CC(N)C(=O)O)[nH]1)C(=O)O. The monoisotopic (exact) mass is 270 g/mol. The Balaban J connectivity index is 2.51. The first-order chi connectivity index (χ1) is 8.93. The predicted molar refractivity (Wildman–Crippen MR) is 66.7 cm³/mol. The van der Waals surface area contributed by atoms with Gasteiger partial charge in [0.05, 0.1) is 0 Å². The van der Waals surface area contributed by atoms with Crippen molar-refractivity contribution in [1.29, 1.82) is 0 Å². The molecule has 2 unspecified atom stereocenters. The molecule has 106 valence electrons. The molecule has 0 saturated heterocycles. The van der Waals surface area contributed by atoms with Crippen molar-refractivity contribution >= 4 is 11.9 Å². The third-order valence-electron chi connectivity index (χ3n) is 2.75. The number of nitrogens with zero attached hydrogens (tertiary/aromatic N) is 1. The molecular weight excluding hydrogens is 252 g/mol. The van der Waals surface area contributed by atoms with Gasteiger partial charge >= 0.3 is 11.9 Å². The largest absolute Gasteiger partial charge is 0.480 e. The number of hydrogen-bond donors (Lipinski definition) is 5. The minimum absolute atomic E-state index is 0.163. The Labute approximate surface area is 110 Å². The van der Waals surface area contributed by atoms with E-state index in [4.69, 9.17) is 15.9 Å². The first-order valence-corrected chi connectivity index (χ1v) is 5.85. The van der Waals surface area contributed by atoms with Gasteiger partial charge in [0.2, 0.25) is 0 Å². The number of aryl methyl sites for hydroxylation is 1. The topological polar surface area (TPSA) is 141 Å². The Hall–Kier alpha value is -1.93. The first-order valence-electron chi connectivity index (χ1n) is 5.85. The molecule has 0 aromatic carbocycles. The molecule has 0 radical (unpaired) electrons. The quantitative estimate of drug-likeness (QED) is 0.406. The van der Waals surface area contributed by atoms with E-state index in [9.17, 15) is 9.59 Å². The summed E-state index contributed by atoms with van der Waals surface area (Å²) >= 11 is 0. The van der Waals surface area contributed by atoms with Crippen molar-refractivity contribution in [3.05, 3.63) is 17.7 Å². The van der Waals surface area contributed by atoms with E-state index in [1.165, 1.54) is 6.20 Å². The predicted octanol–water partition coefficient (Wildman–Crippen LogP) is -1.03. The second-order valence-corrected chi connectivity index (χ2v) is 4.22. The molecule has 0 bridgehead atoms. The van der Waals surface area contributed by atoms with E-state index in [0.717, 1.165) is 0 Å². The summed E-state index contributed by atoms with van der Waals surface area (Å²) in [5.74, 6) is -1.37. The van der Waals surface area contributed by atoms with Gasteiger partial charge in [-0.2, -0.15) is 0 Å². The van der Waals surface area contributed by atoms with E-state index >= 15 is 0 Å². The summed E-state index contributed by atoms with van der Waals surface area (Å²) in [5.41, 5.74) is 6.03. The molecule has 6 N–H and O–H groups in total. The summed E-state index contributed by atoms with van der Waals surface area (Å²) < 4.78 is 0. The third kappa shape index (κ3) is 4.68. The number of nitrogens with two attached hydrogens (primary N) is 1. The van der Waals surface area contributed by atoms with Crippen LogP contribution in [0.5, 0.6) is 0 Å². The molecule has 0 fully saturated rings. The number of carboxylic acid groups (broad SMARTS) is 2. The Morgan fingerprint density at radius 3 is 2.68 bits per heavy atom. The van der Waals surface area contributed by atoms with E-state index in [-0.39, 0.29) is 6.42 Å². The van der Waals surface area contributed by atoms with Crippen LogP contribution in [0.4, 0.5) is 0 Å². The van der Waals surface area contributed by atoms with Crippen LogP contribution in [-0.4, -0.2) is 51.3 Å². The minimum atomic E-state index is -1.07. The highest BCUT2D eigenvalue weighted by molar-refractivity contribution is 5.73. The highest BCUT2D eigenvalue weighted by atomic mass is 16.4. The number of likely N-dealkylation sites (N-methyl/N-ethyl adjacent to an activating group) is 1. The maximum atomic E-state index is 10.8. The molecule has 0 aliphatic heterocycles. The van der Waals surface area contributed by atoms with Gasteiger partial charge in [0.25, 0.3) is 0 Å². The number of aromatic amines is 1. The molecular formula is C11H18N4O4. The molecule has 0 aliphatic rings. The van der Waals surface area contributed by atoms with Gasteiger partial charge in [-0.1, -0.05) is 0 Å². The van der Waals surface area contributed by atoms with E-state index in [1.807, 2.05) is 0 Å². The number of hydrogen-bond acceptors (Lipinski definition) is 5. The van der Waals surface area contributed by atoms with Gasteiger partial charge in [-0.25, -0.2) is 4.98 Å². The average Bonchev–Trinajstić information content (AvgIpc) is 2.77. The molecule has 1 rings (SSSR count). The number of nitrogens with one attached hydrogen (secondary N) is 2. The van der Waals surface area contributed by atoms with Crippen molar-refractivity contribution in [2.75, 3.05) is 7.05 Å². The van der Waals surface area contributed by atoms with Crippen molar-refractivity contribution in [3.8, 4) is 0 Å². The second kappa shape index (κ2) is 6.86. The Morgan fingerprint density at radius 1 is 1.47 bits per heavy atom. The van der Waals surface area contributed by atoms with Gasteiger partial charge < -0.3 is 26.2 Å². The molecule has 19 heavy (non-hydrogen) atoms.